The Morgan fingerprint density at radius 2 is 2.05 bits per heavy atom. The molecule has 104 valence electrons. The molecular weight excluding hydrogens is 242 g/mol. The van der Waals surface area contributed by atoms with Gasteiger partial charge in [0, 0.05) is 23.9 Å². The summed E-state index contributed by atoms with van der Waals surface area (Å²) in [5.74, 6) is 5.24. The lowest BCUT2D eigenvalue weighted by Crippen LogP contribution is -2.45. The monoisotopic (exact) mass is 263 g/mol. The zero-order valence-corrected chi connectivity index (χ0v) is 11.4. The second-order valence-corrected chi connectivity index (χ2v) is 5.49. The van der Waals surface area contributed by atoms with E-state index < -0.39 is 0 Å². The van der Waals surface area contributed by atoms with Crippen molar-refractivity contribution in [3.63, 3.8) is 0 Å². The number of nitrogens with two attached hydrogens (primary N) is 1. The van der Waals surface area contributed by atoms with Crippen LogP contribution in [-0.2, 0) is 4.74 Å². The van der Waals surface area contributed by atoms with Crippen LogP contribution in [0.4, 0.5) is 5.69 Å². The number of nitrogens with one attached hydrogen (secondary N) is 2. The second kappa shape index (κ2) is 5.59. The average Bonchev–Trinajstić information content (AvgIpc) is 2.37. The van der Waals surface area contributed by atoms with Gasteiger partial charge in [-0.1, -0.05) is 0 Å². The highest BCUT2D eigenvalue weighted by Gasteiger charge is 2.29. The molecule has 19 heavy (non-hydrogen) atoms. The van der Waals surface area contributed by atoms with E-state index >= 15 is 0 Å². The molecule has 1 atom stereocenters. The molecule has 1 fully saturated rings. The largest absolute Gasteiger partial charge is 0.375 e. The SMILES string of the molecule is CC1(C)CC(NC(=O)c2ccc(NN)cc2)CCO1. The maximum absolute atomic E-state index is 12.1. The molecule has 0 aliphatic carbocycles. The van der Waals surface area contributed by atoms with Gasteiger partial charge < -0.3 is 15.5 Å². The minimum absolute atomic E-state index is 0.0497. The summed E-state index contributed by atoms with van der Waals surface area (Å²) < 4.78 is 5.64. The summed E-state index contributed by atoms with van der Waals surface area (Å²) in [6, 6.07) is 7.25. The Labute approximate surface area is 113 Å². The standard InChI is InChI=1S/C14H21N3O2/c1-14(2)9-12(7-8-19-14)16-13(18)10-3-5-11(17-15)6-4-10/h3-6,12,17H,7-9,15H2,1-2H3,(H,16,18). The van der Waals surface area contributed by atoms with Crippen molar-refractivity contribution in [2.45, 2.75) is 38.3 Å². The molecule has 2 rings (SSSR count). The summed E-state index contributed by atoms with van der Waals surface area (Å²) in [7, 11) is 0. The molecule has 1 aromatic rings. The summed E-state index contributed by atoms with van der Waals surface area (Å²) in [5, 5.41) is 3.06. The van der Waals surface area contributed by atoms with Gasteiger partial charge in [-0.3, -0.25) is 10.6 Å². The summed E-state index contributed by atoms with van der Waals surface area (Å²) in [6.45, 7) is 4.79. The molecule has 1 aliphatic rings. The van der Waals surface area contributed by atoms with Crippen molar-refractivity contribution < 1.29 is 9.53 Å². The van der Waals surface area contributed by atoms with Gasteiger partial charge in [-0.05, 0) is 51.0 Å². The van der Waals surface area contributed by atoms with Crippen LogP contribution in [0.3, 0.4) is 0 Å². The van der Waals surface area contributed by atoms with Crippen molar-refractivity contribution >= 4 is 11.6 Å². The molecule has 1 heterocycles. The van der Waals surface area contributed by atoms with E-state index in [1.54, 1.807) is 24.3 Å². The lowest BCUT2D eigenvalue weighted by atomic mass is 9.94. The lowest BCUT2D eigenvalue weighted by Gasteiger charge is -2.35. The molecule has 0 spiro atoms. The van der Waals surface area contributed by atoms with Crippen molar-refractivity contribution in [2.24, 2.45) is 5.84 Å². The first-order chi connectivity index (χ1) is 9.00. The smallest absolute Gasteiger partial charge is 0.251 e. The highest BCUT2D eigenvalue weighted by atomic mass is 16.5. The van der Waals surface area contributed by atoms with Crippen molar-refractivity contribution in [2.75, 3.05) is 12.0 Å². The number of ether oxygens (including phenoxy) is 1. The van der Waals surface area contributed by atoms with Gasteiger partial charge in [0.1, 0.15) is 0 Å². The van der Waals surface area contributed by atoms with Crippen LogP contribution in [-0.4, -0.2) is 24.2 Å². The fraction of sp³-hybridized carbons (Fsp3) is 0.500. The Balaban J connectivity index is 1.96. The van der Waals surface area contributed by atoms with Crippen LogP contribution in [0.2, 0.25) is 0 Å². The molecule has 5 heteroatoms. The molecule has 1 amide bonds. The quantitative estimate of drug-likeness (QED) is 0.572. The van der Waals surface area contributed by atoms with Crippen molar-refractivity contribution in [1.29, 1.82) is 0 Å². The van der Waals surface area contributed by atoms with Crippen LogP contribution in [0.5, 0.6) is 0 Å². The molecule has 1 saturated heterocycles. The lowest BCUT2D eigenvalue weighted by molar-refractivity contribution is -0.0615. The Hall–Kier alpha value is -1.59. The second-order valence-electron chi connectivity index (χ2n) is 5.49. The van der Waals surface area contributed by atoms with E-state index in [-0.39, 0.29) is 17.6 Å². The average molecular weight is 263 g/mol. The zero-order valence-electron chi connectivity index (χ0n) is 11.4. The number of hydrogen-bond donors (Lipinski definition) is 3. The molecule has 1 aromatic carbocycles. The highest BCUT2D eigenvalue weighted by Crippen LogP contribution is 2.24. The van der Waals surface area contributed by atoms with E-state index in [1.807, 2.05) is 13.8 Å². The van der Waals surface area contributed by atoms with Gasteiger partial charge in [-0.25, -0.2) is 0 Å². The van der Waals surface area contributed by atoms with E-state index in [1.165, 1.54) is 0 Å². The minimum Gasteiger partial charge on any atom is -0.375 e. The maximum atomic E-state index is 12.1. The number of benzene rings is 1. The third-order valence-corrected chi connectivity index (χ3v) is 3.35. The van der Waals surface area contributed by atoms with Crippen LogP contribution < -0.4 is 16.6 Å². The molecular formula is C14H21N3O2. The maximum Gasteiger partial charge on any atom is 0.251 e. The van der Waals surface area contributed by atoms with Gasteiger partial charge in [-0.15, -0.1) is 0 Å². The summed E-state index contributed by atoms with van der Waals surface area (Å²) in [6.07, 6.45) is 1.69. The number of amides is 1. The fourth-order valence-corrected chi connectivity index (χ4v) is 2.34. The topological polar surface area (TPSA) is 76.4 Å². The number of anilines is 1. The first kappa shape index (κ1) is 13.8. The Morgan fingerprint density at radius 3 is 2.63 bits per heavy atom. The molecule has 0 radical (unpaired) electrons. The number of rotatable bonds is 3. The van der Waals surface area contributed by atoms with Gasteiger partial charge in [0.2, 0.25) is 0 Å². The third kappa shape index (κ3) is 3.68. The summed E-state index contributed by atoms with van der Waals surface area (Å²) in [4.78, 5) is 12.1. The van der Waals surface area contributed by atoms with E-state index in [0.717, 1.165) is 18.5 Å². The number of carbonyl (C=O) groups excluding carboxylic acids is 1. The first-order valence-electron chi connectivity index (χ1n) is 6.52. The molecule has 1 aliphatic heterocycles. The predicted molar refractivity (Wildman–Crippen MR) is 74.8 cm³/mol. The summed E-state index contributed by atoms with van der Waals surface area (Å²) in [5.41, 5.74) is 3.80. The van der Waals surface area contributed by atoms with Gasteiger partial charge >= 0.3 is 0 Å². The van der Waals surface area contributed by atoms with Gasteiger partial charge in [0.25, 0.3) is 5.91 Å². The van der Waals surface area contributed by atoms with Crippen LogP contribution in [0.25, 0.3) is 0 Å². The van der Waals surface area contributed by atoms with Crippen molar-refractivity contribution in [3.8, 4) is 0 Å². The van der Waals surface area contributed by atoms with Crippen LogP contribution in [0.1, 0.15) is 37.0 Å². The van der Waals surface area contributed by atoms with Crippen molar-refractivity contribution in [3.05, 3.63) is 29.8 Å². The van der Waals surface area contributed by atoms with Crippen LogP contribution in [0.15, 0.2) is 24.3 Å². The normalized spacial score (nSPS) is 21.7. The first-order valence-corrected chi connectivity index (χ1v) is 6.52. The number of nitrogen functional groups attached to an aromatic ring is 1. The number of hydrazine groups is 1. The Kier molecular flexibility index (Phi) is 4.07. The molecule has 0 saturated carbocycles. The molecule has 1 unspecified atom stereocenters. The third-order valence-electron chi connectivity index (χ3n) is 3.35. The molecule has 0 aromatic heterocycles. The Morgan fingerprint density at radius 1 is 1.37 bits per heavy atom. The van der Waals surface area contributed by atoms with E-state index in [0.29, 0.717) is 12.2 Å². The predicted octanol–water partition coefficient (Wildman–Crippen LogP) is 1.66. The van der Waals surface area contributed by atoms with Gasteiger partial charge in [0.05, 0.1) is 5.60 Å². The van der Waals surface area contributed by atoms with Crippen molar-refractivity contribution in [1.82, 2.24) is 5.32 Å². The van der Waals surface area contributed by atoms with Crippen LogP contribution >= 0.6 is 0 Å². The van der Waals surface area contributed by atoms with E-state index in [2.05, 4.69) is 10.7 Å². The summed E-state index contributed by atoms with van der Waals surface area (Å²) >= 11 is 0. The fourth-order valence-electron chi connectivity index (χ4n) is 2.34. The number of hydrogen-bond acceptors (Lipinski definition) is 4. The van der Waals surface area contributed by atoms with Crippen LogP contribution in [0, 0.1) is 0 Å². The molecule has 4 N–H and O–H groups in total. The Bertz CT molecular complexity index is 443. The van der Waals surface area contributed by atoms with E-state index in [4.69, 9.17) is 10.6 Å². The highest BCUT2D eigenvalue weighted by molar-refractivity contribution is 5.94. The number of carbonyl (C=O) groups is 1. The molecule has 5 nitrogen and oxygen atoms in total. The zero-order chi connectivity index (χ0) is 13.9. The van der Waals surface area contributed by atoms with E-state index in [9.17, 15) is 4.79 Å². The molecule has 0 bridgehead atoms. The van der Waals surface area contributed by atoms with Gasteiger partial charge in [0.15, 0.2) is 0 Å². The minimum atomic E-state index is -0.163. The van der Waals surface area contributed by atoms with Gasteiger partial charge in [-0.2, -0.15) is 0 Å².